The number of rotatable bonds is 5. The Morgan fingerprint density at radius 3 is 2.20 bits per heavy atom. The van der Waals surface area contributed by atoms with Crippen LogP contribution in [0.1, 0.15) is 0 Å². The molecule has 0 saturated carbocycles. The Hall–Kier alpha value is -1.96. The van der Waals surface area contributed by atoms with Crippen LogP contribution in [0.5, 0.6) is 0 Å². The molecule has 3 rings (SSSR count). The van der Waals surface area contributed by atoms with Gasteiger partial charge in [0.15, 0.2) is 0 Å². The molecule has 1 aromatic rings. The van der Waals surface area contributed by atoms with E-state index in [2.05, 4.69) is 15.1 Å². The zero-order chi connectivity index (χ0) is 17.5. The van der Waals surface area contributed by atoms with Crippen LogP contribution >= 0.6 is 0 Å². The predicted molar refractivity (Wildman–Crippen MR) is 95.4 cm³/mol. The van der Waals surface area contributed by atoms with Crippen molar-refractivity contribution in [1.29, 1.82) is 0 Å². The van der Waals surface area contributed by atoms with Gasteiger partial charge in [0, 0.05) is 45.0 Å². The van der Waals surface area contributed by atoms with E-state index in [-0.39, 0.29) is 11.8 Å². The van der Waals surface area contributed by atoms with Gasteiger partial charge < -0.3 is 15.0 Å². The number of nitrogens with zero attached hydrogens (tertiary/aromatic N) is 3. The van der Waals surface area contributed by atoms with Crippen molar-refractivity contribution >= 4 is 17.5 Å². The number of benzene rings is 1. The van der Waals surface area contributed by atoms with E-state index in [4.69, 9.17) is 4.74 Å². The predicted octanol–water partition coefficient (Wildman–Crippen LogP) is 0.102. The molecule has 25 heavy (non-hydrogen) atoms. The molecule has 0 unspecified atom stereocenters. The number of carbonyl (C=O) groups is 2. The fraction of sp³-hybridized carbons (Fsp3) is 0.556. The number of hydrogen-bond donors (Lipinski definition) is 1. The lowest BCUT2D eigenvalue weighted by atomic mass is 10.2. The Balaban J connectivity index is 1.37. The van der Waals surface area contributed by atoms with Gasteiger partial charge in [0.1, 0.15) is 0 Å². The maximum absolute atomic E-state index is 12.4. The van der Waals surface area contributed by atoms with Crippen molar-refractivity contribution in [2.45, 2.75) is 0 Å². The number of morpholine rings is 1. The molecule has 2 amide bonds. The maximum Gasteiger partial charge on any atom is 0.238 e. The Morgan fingerprint density at radius 1 is 0.880 bits per heavy atom. The monoisotopic (exact) mass is 346 g/mol. The molecule has 0 bridgehead atoms. The molecule has 2 saturated heterocycles. The molecule has 2 aliphatic rings. The molecule has 136 valence electrons. The van der Waals surface area contributed by atoms with Crippen LogP contribution in [-0.2, 0) is 14.3 Å². The van der Waals surface area contributed by atoms with Crippen LogP contribution in [0, 0.1) is 0 Å². The van der Waals surface area contributed by atoms with Crippen LogP contribution < -0.4 is 5.32 Å². The zero-order valence-corrected chi connectivity index (χ0v) is 14.5. The molecule has 1 N–H and O–H groups in total. The van der Waals surface area contributed by atoms with E-state index in [1.807, 2.05) is 35.2 Å². The summed E-state index contributed by atoms with van der Waals surface area (Å²) in [6.07, 6.45) is 0. The van der Waals surface area contributed by atoms with E-state index < -0.39 is 0 Å². The van der Waals surface area contributed by atoms with Crippen LogP contribution in [0.15, 0.2) is 30.3 Å². The molecule has 0 aliphatic carbocycles. The summed E-state index contributed by atoms with van der Waals surface area (Å²) in [5, 5.41) is 2.90. The third kappa shape index (κ3) is 5.52. The van der Waals surface area contributed by atoms with Gasteiger partial charge in [-0.1, -0.05) is 18.2 Å². The van der Waals surface area contributed by atoms with Gasteiger partial charge in [0.2, 0.25) is 11.8 Å². The minimum absolute atomic E-state index is 0.0145. The van der Waals surface area contributed by atoms with E-state index in [0.29, 0.717) is 39.4 Å². The van der Waals surface area contributed by atoms with Gasteiger partial charge in [-0.25, -0.2) is 0 Å². The molecular weight excluding hydrogens is 320 g/mol. The minimum Gasteiger partial charge on any atom is -0.379 e. The summed E-state index contributed by atoms with van der Waals surface area (Å²) < 4.78 is 5.31. The molecule has 7 heteroatoms. The van der Waals surface area contributed by atoms with Crippen LogP contribution in [0.3, 0.4) is 0 Å². The van der Waals surface area contributed by atoms with Crippen molar-refractivity contribution in [3.8, 4) is 0 Å². The molecule has 0 atom stereocenters. The number of nitrogens with one attached hydrogen (secondary N) is 1. The van der Waals surface area contributed by atoms with Crippen molar-refractivity contribution < 1.29 is 14.3 Å². The van der Waals surface area contributed by atoms with E-state index in [1.54, 1.807) is 0 Å². The van der Waals surface area contributed by atoms with E-state index >= 15 is 0 Å². The molecule has 2 heterocycles. The van der Waals surface area contributed by atoms with E-state index in [0.717, 1.165) is 31.9 Å². The first-order chi connectivity index (χ1) is 12.2. The average Bonchev–Trinajstić information content (AvgIpc) is 2.64. The van der Waals surface area contributed by atoms with Crippen molar-refractivity contribution in [1.82, 2.24) is 14.7 Å². The van der Waals surface area contributed by atoms with E-state index in [1.165, 1.54) is 0 Å². The van der Waals surface area contributed by atoms with Gasteiger partial charge in [-0.05, 0) is 12.1 Å². The normalized spacial score (nSPS) is 19.6. The maximum atomic E-state index is 12.4. The van der Waals surface area contributed by atoms with E-state index in [9.17, 15) is 9.59 Å². The second kappa shape index (κ2) is 8.94. The number of amides is 2. The summed E-state index contributed by atoms with van der Waals surface area (Å²) in [5.41, 5.74) is 0.812. The highest BCUT2D eigenvalue weighted by atomic mass is 16.5. The molecule has 1 aromatic carbocycles. The molecule has 0 spiro atoms. The molecule has 2 fully saturated rings. The molecule has 0 aromatic heterocycles. The average molecular weight is 346 g/mol. The highest BCUT2D eigenvalue weighted by Gasteiger charge is 2.24. The van der Waals surface area contributed by atoms with Gasteiger partial charge in [-0.15, -0.1) is 0 Å². The largest absolute Gasteiger partial charge is 0.379 e. The smallest absolute Gasteiger partial charge is 0.238 e. The topological polar surface area (TPSA) is 65.1 Å². The van der Waals surface area contributed by atoms with Crippen molar-refractivity contribution in [2.75, 3.05) is 70.9 Å². The highest BCUT2D eigenvalue weighted by molar-refractivity contribution is 5.92. The molecule has 2 aliphatic heterocycles. The summed E-state index contributed by atoms with van der Waals surface area (Å²) in [6, 6.07) is 9.46. The summed E-state index contributed by atoms with van der Waals surface area (Å²) in [4.78, 5) is 30.6. The second-order valence-corrected chi connectivity index (χ2v) is 6.46. The fourth-order valence-electron chi connectivity index (χ4n) is 3.13. The van der Waals surface area contributed by atoms with Crippen molar-refractivity contribution in [2.24, 2.45) is 0 Å². The summed E-state index contributed by atoms with van der Waals surface area (Å²) in [5.74, 6) is 0.162. The number of anilines is 1. The number of para-hydroxylation sites is 1. The SMILES string of the molecule is O=C(CN1CCN(C(=O)CN2CCOCC2)CC1)Nc1ccccc1. The lowest BCUT2D eigenvalue weighted by Crippen LogP contribution is -2.53. The first-order valence-electron chi connectivity index (χ1n) is 8.86. The van der Waals surface area contributed by atoms with Crippen molar-refractivity contribution in [3.05, 3.63) is 30.3 Å². The first kappa shape index (κ1) is 17.8. The summed E-state index contributed by atoms with van der Waals surface area (Å²) in [7, 11) is 0. The quantitative estimate of drug-likeness (QED) is 0.819. The second-order valence-electron chi connectivity index (χ2n) is 6.46. The van der Waals surface area contributed by atoms with Gasteiger partial charge in [-0.3, -0.25) is 19.4 Å². The molecular formula is C18H26N4O3. The lowest BCUT2D eigenvalue weighted by Gasteiger charge is -2.36. The van der Waals surface area contributed by atoms with Gasteiger partial charge in [0.05, 0.1) is 26.3 Å². The van der Waals surface area contributed by atoms with Gasteiger partial charge >= 0.3 is 0 Å². The van der Waals surface area contributed by atoms with Gasteiger partial charge in [-0.2, -0.15) is 0 Å². The number of carbonyl (C=O) groups excluding carboxylic acids is 2. The zero-order valence-electron chi connectivity index (χ0n) is 14.5. The first-order valence-corrected chi connectivity index (χ1v) is 8.86. The third-order valence-electron chi connectivity index (χ3n) is 4.61. The van der Waals surface area contributed by atoms with Crippen LogP contribution in [0.25, 0.3) is 0 Å². The number of piperazine rings is 1. The standard InChI is InChI=1S/C18H26N4O3/c23-17(19-16-4-2-1-3-5-16)14-20-6-8-22(9-7-20)18(24)15-21-10-12-25-13-11-21/h1-5H,6-15H2,(H,19,23). The Morgan fingerprint density at radius 2 is 1.52 bits per heavy atom. The van der Waals surface area contributed by atoms with Crippen molar-refractivity contribution in [3.63, 3.8) is 0 Å². The number of ether oxygens (including phenoxy) is 1. The summed E-state index contributed by atoms with van der Waals surface area (Å²) >= 11 is 0. The summed E-state index contributed by atoms with van der Waals surface area (Å²) in [6.45, 7) is 6.72. The molecule has 0 radical (unpaired) electrons. The lowest BCUT2D eigenvalue weighted by molar-refractivity contribution is -0.135. The fourth-order valence-corrected chi connectivity index (χ4v) is 3.13. The number of hydrogen-bond acceptors (Lipinski definition) is 5. The Labute approximate surface area is 148 Å². The molecule has 7 nitrogen and oxygen atoms in total. The Bertz CT molecular complexity index is 567. The highest BCUT2D eigenvalue weighted by Crippen LogP contribution is 2.07. The Kier molecular flexibility index (Phi) is 6.38. The third-order valence-corrected chi connectivity index (χ3v) is 4.61. The van der Waals surface area contributed by atoms with Crippen LogP contribution in [-0.4, -0.2) is 92.1 Å². The minimum atomic E-state index is -0.0145. The van der Waals surface area contributed by atoms with Crippen LogP contribution in [0.4, 0.5) is 5.69 Å². The van der Waals surface area contributed by atoms with Gasteiger partial charge in [0.25, 0.3) is 0 Å². The van der Waals surface area contributed by atoms with Crippen LogP contribution in [0.2, 0.25) is 0 Å².